The molecule has 0 rings (SSSR count). The van der Waals surface area contributed by atoms with Gasteiger partial charge in [0.2, 0.25) is 0 Å². The second-order valence-electron chi connectivity index (χ2n) is 7.00. The molecule has 6 heteroatoms. The summed E-state index contributed by atoms with van der Waals surface area (Å²) in [6.45, 7) is 4.46. The number of rotatable bonds is 19. The monoisotopic (exact) mass is 414 g/mol. The van der Waals surface area contributed by atoms with Gasteiger partial charge in [0.05, 0.1) is 0 Å². The van der Waals surface area contributed by atoms with Crippen LogP contribution in [-0.4, -0.2) is 30.5 Å². The van der Waals surface area contributed by atoms with Crippen LogP contribution in [0, 0.1) is 0 Å². The first-order chi connectivity index (χ1) is 12.0. The Morgan fingerprint density at radius 1 is 0.560 bits per heavy atom. The molecule has 0 aliphatic carbocycles. The number of unbranched alkanes of at least 4 members (excludes halogenated alkanes) is 12. The van der Waals surface area contributed by atoms with Crippen molar-refractivity contribution in [2.75, 3.05) is 11.5 Å². The molecule has 0 amide bonds. The van der Waals surface area contributed by atoms with Gasteiger partial charge in [-0.1, -0.05) is 0 Å². The van der Waals surface area contributed by atoms with Crippen LogP contribution in [0.2, 0.25) is 0 Å². The van der Waals surface area contributed by atoms with Gasteiger partial charge in [0, 0.05) is 0 Å². The molecule has 0 fully saturated rings. The zero-order valence-electron chi connectivity index (χ0n) is 16.5. The molecule has 3 nitrogen and oxygen atoms in total. The van der Waals surface area contributed by atoms with Gasteiger partial charge in [-0.3, -0.25) is 0 Å². The first-order valence-corrected chi connectivity index (χ1v) is 14.4. The van der Waals surface area contributed by atoms with E-state index in [0.717, 1.165) is 24.3 Å². The first kappa shape index (κ1) is 26.0. The quantitative estimate of drug-likeness (QED) is 0.125. The van der Waals surface area contributed by atoms with Gasteiger partial charge in [-0.2, -0.15) is 0 Å². The molecular weight excluding hydrogens is 371 g/mol. The van der Waals surface area contributed by atoms with Gasteiger partial charge in [-0.05, 0) is 0 Å². The standard InChI is InChI=1S/C19H43O3PS2/c1-3-5-7-9-11-13-15-17-24-19(23(20,21)22)25-18-16-14-12-10-8-6-4-2/h19-23H,3-18H2,1-2H3. The van der Waals surface area contributed by atoms with Crippen molar-refractivity contribution >= 4 is 31.5 Å². The van der Waals surface area contributed by atoms with E-state index >= 15 is 0 Å². The molecule has 0 aromatic carbocycles. The van der Waals surface area contributed by atoms with Crippen molar-refractivity contribution in [3.05, 3.63) is 0 Å². The van der Waals surface area contributed by atoms with E-state index in [-0.39, 0.29) is 0 Å². The van der Waals surface area contributed by atoms with Gasteiger partial charge in [-0.25, -0.2) is 0 Å². The van der Waals surface area contributed by atoms with Crippen LogP contribution >= 0.6 is 31.5 Å². The van der Waals surface area contributed by atoms with Crippen LogP contribution in [0.15, 0.2) is 0 Å². The van der Waals surface area contributed by atoms with Crippen molar-refractivity contribution in [1.29, 1.82) is 0 Å². The van der Waals surface area contributed by atoms with Gasteiger partial charge in [0.25, 0.3) is 0 Å². The second kappa shape index (κ2) is 18.4. The van der Waals surface area contributed by atoms with E-state index in [0.29, 0.717) is 0 Å². The molecule has 0 radical (unpaired) electrons. The van der Waals surface area contributed by atoms with Crippen LogP contribution in [-0.2, 0) is 0 Å². The summed E-state index contributed by atoms with van der Waals surface area (Å²) in [6, 6.07) is 0. The Balaban J connectivity index is 3.67. The van der Waals surface area contributed by atoms with Crippen molar-refractivity contribution < 1.29 is 14.7 Å². The minimum atomic E-state index is -4.03. The maximum absolute atomic E-state index is 9.69. The van der Waals surface area contributed by atoms with Crippen LogP contribution < -0.4 is 0 Å². The molecule has 0 aliphatic rings. The number of hydrogen-bond acceptors (Lipinski definition) is 5. The van der Waals surface area contributed by atoms with Crippen LogP contribution in [0.25, 0.3) is 0 Å². The Morgan fingerprint density at radius 3 is 1.20 bits per heavy atom. The van der Waals surface area contributed by atoms with Crippen molar-refractivity contribution in [1.82, 2.24) is 0 Å². The summed E-state index contributed by atoms with van der Waals surface area (Å²) in [6.07, 6.45) is 17.7. The first-order valence-electron chi connectivity index (χ1n) is 10.4. The van der Waals surface area contributed by atoms with E-state index in [1.54, 1.807) is 23.5 Å². The molecule has 0 aliphatic heterocycles. The molecule has 0 spiro atoms. The van der Waals surface area contributed by atoms with Crippen LogP contribution in [0.3, 0.4) is 0 Å². The topological polar surface area (TPSA) is 60.7 Å². The summed E-state index contributed by atoms with van der Waals surface area (Å²) in [5, 5.41) is 0. The zero-order chi connectivity index (χ0) is 18.8. The summed E-state index contributed by atoms with van der Waals surface area (Å²) < 4.78 is -0.423. The summed E-state index contributed by atoms with van der Waals surface area (Å²) in [7, 11) is -4.03. The molecule has 0 saturated carbocycles. The number of hydrogen-bond donors (Lipinski definition) is 3. The molecule has 0 unspecified atom stereocenters. The van der Waals surface area contributed by atoms with E-state index in [1.165, 1.54) is 77.0 Å². The average Bonchev–Trinajstić information content (AvgIpc) is 2.56. The third kappa shape index (κ3) is 18.2. The van der Waals surface area contributed by atoms with Gasteiger partial charge >= 0.3 is 166 Å². The van der Waals surface area contributed by atoms with Crippen molar-refractivity contribution in [2.45, 2.75) is 108 Å². The predicted octanol–water partition coefficient (Wildman–Crippen LogP) is 6.71. The van der Waals surface area contributed by atoms with E-state index in [1.807, 2.05) is 0 Å². The Kier molecular flexibility index (Phi) is 19.1. The summed E-state index contributed by atoms with van der Waals surface area (Å²) in [5.41, 5.74) is 0. The average molecular weight is 415 g/mol. The third-order valence-corrected chi connectivity index (χ3v) is 10.4. The van der Waals surface area contributed by atoms with Gasteiger partial charge in [0.15, 0.2) is 0 Å². The number of thioether (sulfide) groups is 2. The Labute approximate surface area is 165 Å². The normalized spacial score (nSPS) is 12.9. The Bertz CT molecular complexity index is 256. The van der Waals surface area contributed by atoms with Crippen LogP contribution in [0.4, 0.5) is 0 Å². The van der Waals surface area contributed by atoms with Crippen LogP contribution in [0.1, 0.15) is 104 Å². The molecular formula is C19H43O3PS2. The van der Waals surface area contributed by atoms with Crippen LogP contribution in [0.5, 0.6) is 0 Å². The molecule has 0 atom stereocenters. The maximum atomic E-state index is 9.69. The van der Waals surface area contributed by atoms with Gasteiger partial charge < -0.3 is 0 Å². The van der Waals surface area contributed by atoms with Gasteiger partial charge in [-0.15, -0.1) is 0 Å². The molecule has 0 aromatic heterocycles. The fourth-order valence-corrected chi connectivity index (χ4v) is 7.40. The van der Waals surface area contributed by atoms with Crippen molar-refractivity contribution in [2.24, 2.45) is 0 Å². The SMILES string of the molecule is CCCCCCCCCSC(SCCCCCCCCC)[PH](O)(O)O. The van der Waals surface area contributed by atoms with Gasteiger partial charge in [0.1, 0.15) is 0 Å². The molecule has 0 aromatic rings. The fraction of sp³-hybridized carbons (Fsp3) is 1.00. The second-order valence-corrected chi connectivity index (χ2v) is 12.5. The van der Waals surface area contributed by atoms with Crippen molar-refractivity contribution in [3.63, 3.8) is 0 Å². The molecule has 154 valence electrons. The summed E-state index contributed by atoms with van der Waals surface area (Å²) in [5.74, 6) is 1.83. The minimum absolute atomic E-state index is 0.423. The third-order valence-electron chi connectivity index (χ3n) is 4.35. The van der Waals surface area contributed by atoms with E-state index in [2.05, 4.69) is 13.8 Å². The van der Waals surface area contributed by atoms with E-state index < -0.39 is 12.3 Å². The predicted molar refractivity (Wildman–Crippen MR) is 120 cm³/mol. The molecule has 0 bridgehead atoms. The Hall–Kier alpha value is 1.01. The molecule has 0 saturated heterocycles. The summed E-state index contributed by atoms with van der Waals surface area (Å²) in [4.78, 5) is 29.1. The zero-order valence-corrected chi connectivity index (χ0v) is 19.2. The molecule has 25 heavy (non-hydrogen) atoms. The van der Waals surface area contributed by atoms with Crippen molar-refractivity contribution in [3.8, 4) is 0 Å². The Morgan fingerprint density at radius 2 is 0.880 bits per heavy atom. The molecule has 3 N–H and O–H groups in total. The summed E-state index contributed by atoms with van der Waals surface area (Å²) >= 11 is 3.09. The molecule has 0 heterocycles. The van der Waals surface area contributed by atoms with E-state index in [9.17, 15) is 14.7 Å². The van der Waals surface area contributed by atoms with E-state index in [4.69, 9.17) is 0 Å². The fourth-order valence-electron chi connectivity index (χ4n) is 2.77.